The van der Waals surface area contributed by atoms with Crippen LogP contribution in [0.2, 0.25) is 0 Å². The van der Waals surface area contributed by atoms with Gasteiger partial charge in [-0.05, 0) is 19.4 Å². The van der Waals surface area contributed by atoms with Gasteiger partial charge in [0, 0.05) is 25.8 Å². The molecule has 9 heteroatoms. The first kappa shape index (κ1) is 20.1. The first-order chi connectivity index (χ1) is 14.5. The summed E-state index contributed by atoms with van der Waals surface area (Å²) in [6.07, 6.45) is 1.84. The molecule has 2 fully saturated rings. The molecule has 0 spiro atoms. The first-order valence-corrected chi connectivity index (χ1v) is 9.92. The van der Waals surface area contributed by atoms with Crippen LogP contribution < -0.4 is 0 Å². The van der Waals surface area contributed by atoms with Gasteiger partial charge in [0.2, 0.25) is 0 Å². The summed E-state index contributed by atoms with van der Waals surface area (Å²) in [4.78, 5) is 47.2. The molecular formula is C21H24N4O5. The highest BCUT2D eigenvalue weighted by Crippen LogP contribution is 2.27. The lowest BCUT2D eigenvalue weighted by molar-refractivity contribution is -0.128. The zero-order valence-electron chi connectivity index (χ0n) is 17.0. The average molecular weight is 412 g/mol. The van der Waals surface area contributed by atoms with Crippen molar-refractivity contribution in [3.05, 3.63) is 41.9 Å². The van der Waals surface area contributed by atoms with Crippen LogP contribution >= 0.6 is 0 Å². The van der Waals surface area contributed by atoms with E-state index < -0.39 is 6.04 Å². The number of nitrogens with zero attached hydrogens (tertiary/aromatic N) is 4. The monoisotopic (exact) mass is 412 g/mol. The maximum absolute atomic E-state index is 13.3. The highest BCUT2D eigenvalue weighted by Gasteiger charge is 2.47. The van der Waals surface area contributed by atoms with Gasteiger partial charge < -0.3 is 19.0 Å². The van der Waals surface area contributed by atoms with E-state index in [1.165, 1.54) is 18.4 Å². The third kappa shape index (κ3) is 3.56. The summed E-state index contributed by atoms with van der Waals surface area (Å²) in [5.74, 6) is -0.200. The normalized spacial score (nSPS) is 19.3. The third-order valence-electron chi connectivity index (χ3n) is 5.48. The molecule has 0 saturated carbocycles. The van der Waals surface area contributed by atoms with Crippen LogP contribution in [0, 0.1) is 6.92 Å². The number of methoxy groups -OCH3 is 1. The van der Waals surface area contributed by atoms with Crippen LogP contribution in [0.3, 0.4) is 0 Å². The van der Waals surface area contributed by atoms with Crippen LogP contribution in [0.1, 0.15) is 22.5 Å². The fourth-order valence-corrected chi connectivity index (χ4v) is 3.97. The fourth-order valence-electron chi connectivity index (χ4n) is 3.97. The van der Waals surface area contributed by atoms with E-state index in [9.17, 15) is 14.4 Å². The zero-order chi connectivity index (χ0) is 21.3. The highest BCUT2D eigenvalue weighted by atomic mass is 16.5. The number of oxazole rings is 1. The summed E-state index contributed by atoms with van der Waals surface area (Å²) >= 11 is 0. The van der Waals surface area contributed by atoms with Crippen molar-refractivity contribution in [2.45, 2.75) is 19.4 Å². The standard InChI is InChI=1S/C21H24N4O5/c1-14-5-3-6-15(11-14)18-17(22-13-30-18)20(27)23-7-4-8-24-16(12-23)19(26)25(21(24)28)9-10-29-2/h3,5-6,11,13,16H,4,7-10,12H2,1-2H3. The second-order valence-electron chi connectivity index (χ2n) is 7.48. The van der Waals surface area contributed by atoms with E-state index in [0.717, 1.165) is 11.1 Å². The average Bonchev–Trinajstić information content (AvgIpc) is 3.22. The van der Waals surface area contributed by atoms with Crippen molar-refractivity contribution in [3.8, 4) is 11.3 Å². The van der Waals surface area contributed by atoms with Crippen LogP contribution in [-0.2, 0) is 9.53 Å². The number of hydrogen-bond donors (Lipinski definition) is 0. The van der Waals surface area contributed by atoms with Gasteiger partial charge in [0.05, 0.1) is 19.7 Å². The van der Waals surface area contributed by atoms with E-state index in [1.807, 2.05) is 31.2 Å². The molecule has 158 valence electrons. The van der Waals surface area contributed by atoms with E-state index in [4.69, 9.17) is 9.15 Å². The van der Waals surface area contributed by atoms with Crippen LogP contribution in [-0.4, -0.2) is 83.5 Å². The molecule has 4 rings (SSSR count). The Bertz CT molecular complexity index is 972. The molecule has 1 atom stereocenters. The molecule has 2 aliphatic rings. The van der Waals surface area contributed by atoms with Gasteiger partial charge in [0.25, 0.3) is 11.8 Å². The van der Waals surface area contributed by atoms with Crippen molar-refractivity contribution in [2.75, 3.05) is 39.9 Å². The van der Waals surface area contributed by atoms with Gasteiger partial charge >= 0.3 is 6.03 Å². The van der Waals surface area contributed by atoms with Crippen molar-refractivity contribution >= 4 is 17.8 Å². The molecule has 2 saturated heterocycles. The topological polar surface area (TPSA) is 96.2 Å². The summed E-state index contributed by atoms with van der Waals surface area (Å²) in [6.45, 7) is 3.43. The smallest absolute Gasteiger partial charge is 0.327 e. The number of ether oxygens (including phenoxy) is 1. The summed E-state index contributed by atoms with van der Waals surface area (Å²) in [5, 5.41) is 0. The predicted molar refractivity (Wildman–Crippen MR) is 107 cm³/mol. The number of aromatic nitrogens is 1. The molecule has 1 aromatic heterocycles. The van der Waals surface area contributed by atoms with E-state index in [2.05, 4.69) is 4.98 Å². The lowest BCUT2D eigenvalue weighted by Crippen LogP contribution is -2.44. The van der Waals surface area contributed by atoms with Gasteiger partial charge in [-0.1, -0.05) is 23.8 Å². The maximum Gasteiger partial charge on any atom is 0.327 e. The number of urea groups is 1. The number of imide groups is 1. The number of aryl methyl sites for hydroxylation is 1. The SMILES string of the molecule is COCCN1C(=O)C2CN(C(=O)c3ncoc3-c3cccc(C)c3)CCCN2C1=O. The second-order valence-corrected chi connectivity index (χ2v) is 7.48. The minimum atomic E-state index is -0.685. The van der Waals surface area contributed by atoms with Gasteiger partial charge in [-0.3, -0.25) is 14.5 Å². The highest BCUT2D eigenvalue weighted by molar-refractivity contribution is 6.05. The van der Waals surface area contributed by atoms with Crippen molar-refractivity contribution in [3.63, 3.8) is 0 Å². The largest absolute Gasteiger partial charge is 0.443 e. The van der Waals surface area contributed by atoms with Crippen molar-refractivity contribution in [1.82, 2.24) is 19.7 Å². The first-order valence-electron chi connectivity index (χ1n) is 9.92. The van der Waals surface area contributed by atoms with Crippen LogP contribution in [0.25, 0.3) is 11.3 Å². The van der Waals surface area contributed by atoms with Gasteiger partial charge in [-0.25, -0.2) is 9.78 Å². The number of carbonyl (C=O) groups is 3. The fraction of sp³-hybridized carbons (Fsp3) is 0.429. The Morgan fingerprint density at radius 1 is 1.30 bits per heavy atom. The number of rotatable bonds is 5. The molecule has 2 aliphatic heterocycles. The number of benzene rings is 1. The van der Waals surface area contributed by atoms with Crippen molar-refractivity contribution in [2.24, 2.45) is 0 Å². The molecule has 2 aromatic rings. The Balaban J connectivity index is 1.56. The maximum atomic E-state index is 13.3. The van der Waals surface area contributed by atoms with E-state index >= 15 is 0 Å². The second kappa shape index (κ2) is 8.27. The molecular weight excluding hydrogens is 388 g/mol. The van der Waals surface area contributed by atoms with Gasteiger partial charge in [-0.2, -0.15) is 0 Å². The molecule has 0 aliphatic carbocycles. The number of amides is 4. The van der Waals surface area contributed by atoms with E-state index in [1.54, 1.807) is 9.80 Å². The Kier molecular flexibility index (Phi) is 5.54. The predicted octanol–water partition coefficient (Wildman–Crippen LogP) is 1.78. The van der Waals surface area contributed by atoms with Gasteiger partial charge in [0.1, 0.15) is 6.04 Å². The number of fused-ring (bicyclic) bond motifs is 1. The Morgan fingerprint density at radius 3 is 2.90 bits per heavy atom. The molecule has 30 heavy (non-hydrogen) atoms. The molecule has 9 nitrogen and oxygen atoms in total. The molecule has 1 unspecified atom stereocenters. The molecule has 0 bridgehead atoms. The molecule has 3 heterocycles. The molecule has 1 aromatic carbocycles. The van der Waals surface area contributed by atoms with Gasteiger partial charge in [0.15, 0.2) is 17.8 Å². The summed E-state index contributed by atoms with van der Waals surface area (Å²) in [7, 11) is 1.52. The Labute approximate surface area is 174 Å². The zero-order valence-corrected chi connectivity index (χ0v) is 17.0. The van der Waals surface area contributed by atoms with E-state index in [-0.39, 0.29) is 43.2 Å². The van der Waals surface area contributed by atoms with Crippen LogP contribution in [0.5, 0.6) is 0 Å². The summed E-state index contributed by atoms with van der Waals surface area (Å²) < 4.78 is 10.5. The Morgan fingerprint density at radius 2 is 2.13 bits per heavy atom. The van der Waals surface area contributed by atoms with E-state index in [0.29, 0.717) is 25.3 Å². The third-order valence-corrected chi connectivity index (χ3v) is 5.48. The van der Waals surface area contributed by atoms with Crippen molar-refractivity contribution < 1.29 is 23.5 Å². The van der Waals surface area contributed by atoms with Gasteiger partial charge in [-0.15, -0.1) is 0 Å². The summed E-state index contributed by atoms with van der Waals surface area (Å²) in [6, 6.07) is 6.63. The number of hydrogen-bond acceptors (Lipinski definition) is 6. The lowest BCUT2D eigenvalue weighted by atomic mass is 10.1. The Hall–Kier alpha value is -3.20. The molecule has 4 amide bonds. The minimum absolute atomic E-state index is 0.132. The molecule has 0 radical (unpaired) electrons. The number of carbonyl (C=O) groups excluding carboxylic acids is 3. The quantitative estimate of drug-likeness (QED) is 0.695. The van der Waals surface area contributed by atoms with Crippen LogP contribution in [0.4, 0.5) is 4.79 Å². The molecule has 0 N–H and O–H groups in total. The van der Waals surface area contributed by atoms with Crippen molar-refractivity contribution in [1.29, 1.82) is 0 Å². The lowest BCUT2D eigenvalue weighted by Gasteiger charge is -2.23. The minimum Gasteiger partial charge on any atom is -0.443 e. The summed E-state index contributed by atoms with van der Waals surface area (Å²) in [5.41, 5.74) is 2.02. The van der Waals surface area contributed by atoms with Crippen LogP contribution in [0.15, 0.2) is 35.1 Å².